The molecule has 0 bridgehead atoms. The number of nitrogens with one attached hydrogen (secondary N) is 1. The molecule has 0 aliphatic carbocycles. The summed E-state index contributed by atoms with van der Waals surface area (Å²) in [5.74, 6) is -0.200. The predicted octanol–water partition coefficient (Wildman–Crippen LogP) is 3.07. The average molecular weight is 416 g/mol. The maximum atomic E-state index is 13.8. The molecule has 0 radical (unpaired) electrons. The van der Waals surface area contributed by atoms with Gasteiger partial charge < -0.3 is 10.1 Å². The fraction of sp³-hybridized carbons (Fsp3) is 0.190. The summed E-state index contributed by atoms with van der Waals surface area (Å²) in [4.78, 5) is 24.1. The molecule has 8 heteroatoms. The van der Waals surface area contributed by atoms with Gasteiger partial charge in [0, 0.05) is 28.8 Å². The van der Waals surface area contributed by atoms with Gasteiger partial charge in [0.05, 0.1) is 25.8 Å². The van der Waals surface area contributed by atoms with Gasteiger partial charge in [-0.3, -0.25) is 9.59 Å². The molecule has 0 aliphatic rings. The third kappa shape index (κ3) is 5.20. The predicted molar refractivity (Wildman–Crippen MR) is 109 cm³/mol. The summed E-state index contributed by atoms with van der Waals surface area (Å²) < 4.78 is 20.2. The number of carbonyl (C=O) groups excluding carboxylic acids is 1. The molecule has 0 spiro atoms. The second kappa shape index (κ2) is 9.34. The third-order valence-corrected chi connectivity index (χ3v) is 4.65. The van der Waals surface area contributed by atoms with Gasteiger partial charge in [-0.15, -0.1) is 0 Å². The smallest absolute Gasteiger partial charge is 0.266 e. The lowest BCUT2D eigenvalue weighted by Gasteiger charge is -2.10. The zero-order chi connectivity index (χ0) is 20.8. The van der Waals surface area contributed by atoms with Crippen LogP contribution in [0, 0.1) is 5.82 Å². The summed E-state index contributed by atoms with van der Waals surface area (Å²) in [6.45, 7) is 0.351. The van der Waals surface area contributed by atoms with Gasteiger partial charge in [-0.25, -0.2) is 9.07 Å². The maximum absolute atomic E-state index is 13.8. The van der Waals surface area contributed by atoms with Crippen molar-refractivity contribution in [2.24, 2.45) is 0 Å². The minimum absolute atomic E-state index is 0.142. The molecule has 0 saturated carbocycles. The molecule has 1 aromatic heterocycles. The second-order valence-corrected chi connectivity index (χ2v) is 6.64. The van der Waals surface area contributed by atoms with Crippen molar-refractivity contribution in [2.45, 2.75) is 13.0 Å². The number of benzene rings is 2. The van der Waals surface area contributed by atoms with Crippen LogP contribution >= 0.6 is 11.6 Å². The molecule has 1 heterocycles. The second-order valence-electron chi connectivity index (χ2n) is 6.24. The Hall–Kier alpha value is -3.19. The molecular formula is C21H19ClFN3O3. The highest BCUT2D eigenvalue weighted by atomic mass is 35.5. The number of methoxy groups -OCH3 is 1. The van der Waals surface area contributed by atoms with Gasteiger partial charge in [0.1, 0.15) is 11.6 Å². The van der Waals surface area contributed by atoms with Crippen molar-refractivity contribution in [3.8, 4) is 17.0 Å². The van der Waals surface area contributed by atoms with E-state index in [1.165, 1.54) is 28.9 Å². The van der Waals surface area contributed by atoms with Crippen LogP contribution < -0.4 is 15.6 Å². The minimum atomic E-state index is -0.530. The maximum Gasteiger partial charge on any atom is 0.266 e. The number of rotatable bonds is 7. The van der Waals surface area contributed by atoms with Crippen LogP contribution in [0.3, 0.4) is 0 Å². The van der Waals surface area contributed by atoms with Gasteiger partial charge in [-0.2, -0.15) is 5.10 Å². The van der Waals surface area contributed by atoms with E-state index in [0.717, 1.165) is 11.3 Å². The van der Waals surface area contributed by atoms with Crippen molar-refractivity contribution in [1.29, 1.82) is 0 Å². The van der Waals surface area contributed by atoms with Crippen LogP contribution in [0.15, 0.2) is 59.4 Å². The summed E-state index contributed by atoms with van der Waals surface area (Å²) in [6, 6.07) is 14.6. The standard InChI is InChI=1S/C21H19ClFN3O3/c1-29-15-7-5-14(6-8-15)19-9-10-21(28)26(25-19)12-11-24-20(27)13-16-17(22)3-2-4-18(16)23/h2-10H,11-13H2,1H3,(H,24,27). The van der Waals surface area contributed by atoms with Crippen molar-refractivity contribution in [1.82, 2.24) is 15.1 Å². The van der Waals surface area contributed by atoms with E-state index >= 15 is 0 Å². The normalized spacial score (nSPS) is 10.6. The first-order chi connectivity index (χ1) is 14.0. The van der Waals surface area contributed by atoms with Crippen LogP contribution in [0.25, 0.3) is 11.3 Å². The van der Waals surface area contributed by atoms with Crippen LogP contribution in [0.2, 0.25) is 5.02 Å². The average Bonchev–Trinajstić information content (AvgIpc) is 2.72. The molecule has 0 unspecified atom stereocenters. The molecular weight excluding hydrogens is 397 g/mol. The lowest BCUT2D eigenvalue weighted by atomic mass is 10.1. The number of hydrogen-bond acceptors (Lipinski definition) is 4. The lowest BCUT2D eigenvalue weighted by Crippen LogP contribution is -2.32. The van der Waals surface area contributed by atoms with Crippen LogP contribution in [-0.4, -0.2) is 29.3 Å². The molecule has 150 valence electrons. The monoisotopic (exact) mass is 415 g/mol. The first-order valence-corrected chi connectivity index (χ1v) is 9.28. The summed E-state index contributed by atoms with van der Waals surface area (Å²) >= 11 is 5.94. The molecule has 6 nitrogen and oxygen atoms in total. The molecule has 0 fully saturated rings. The lowest BCUT2D eigenvalue weighted by molar-refractivity contribution is -0.120. The largest absolute Gasteiger partial charge is 0.497 e. The first kappa shape index (κ1) is 20.5. The van der Waals surface area contributed by atoms with E-state index in [4.69, 9.17) is 16.3 Å². The van der Waals surface area contributed by atoms with E-state index in [9.17, 15) is 14.0 Å². The number of halogens is 2. The summed E-state index contributed by atoms with van der Waals surface area (Å²) in [5, 5.41) is 7.19. The third-order valence-electron chi connectivity index (χ3n) is 4.30. The minimum Gasteiger partial charge on any atom is -0.497 e. The molecule has 3 aromatic rings. The fourth-order valence-electron chi connectivity index (χ4n) is 2.75. The Morgan fingerprint density at radius 3 is 2.62 bits per heavy atom. The van der Waals surface area contributed by atoms with E-state index in [2.05, 4.69) is 10.4 Å². The number of ether oxygens (including phenoxy) is 1. The Bertz CT molecular complexity index is 1050. The van der Waals surface area contributed by atoms with E-state index in [-0.39, 0.29) is 35.7 Å². The Morgan fingerprint density at radius 1 is 1.17 bits per heavy atom. The zero-order valence-electron chi connectivity index (χ0n) is 15.7. The number of hydrogen-bond donors (Lipinski definition) is 1. The van der Waals surface area contributed by atoms with Crippen molar-refractivity contribution >= 4 is 17.5 Å². The van der Waals surface area contributed by atoms with Crippen molar-refractivity contribution < 1.29 is 13.9 Å². The van der Waals surface area contributed by atoms with Gasteiger partial charge in [0.25, 0.3) is 5.56 Å². The van der Waals surface area contributed by atoms with E-state index in [1.54, 1.807) is 25.3 Å². The van der Waals surface area contributed by atoms with E-state index < -0.39 is 11.7 Å². The number of nitrogens with zero attached hydrogens (tertiary/aromatic N) is 2. The summed E-state index contributed by atoms with van der Waals surface area (Å²) in [5.41, 5.74) is 1.31. The van der Waals surface area contributed by atoms with E-state index in [1.807, 2.05) is 12.1 Å². The summed E-state index contributed by atoms with van der Waals surface area (Å²) in [7, 11) is 1.59. The zero-order valence-corrected chi connectivity index (χ0v) is 16.4. The van der Waals surface area contributed by atoms with Gasteiger partial charge >= 0.3 is 0 Å². The van der Waals surface area contributed by atoms with Crippen LogP contribution in [0.1, 0.15) is 5.56 Å². The number of aromatic nitrogens is 2. The molecule has 0 atom stereocenters. The molecule has 0 saturated heterocycles. The molecule has 1 amide bonds. The SMILES string of the molecule is COc1ccc(-c2ccc(=O)n(CCNC(=O)Cc3c(F)cccc3Cl)n2)cc1. The first-order valence-electron chi connectivity index (χ1n) is 8.90. The molecule has 3 rings (SSSR count). The fourth-order valence-corrected chi connectivity index (χ4v) is 2.98. The van der Waals surface area contributed by atoms with Gasteiger partial charge in [-0.1, -0.05) is 17.7 Å². The van der Waals surface area contributed by atoms with Gasteiger partial charge in [0.2, 0.25) is 5.91 Å². The van der Waals surface area contributed by atoms with Gasteiger partial charge in [0.15, 0.2) is 0 Å². The summed E-state index contributed by atoms with van der Waals surface area (Å²) in [6.07, 6.45) is -0.181. The van der Waals surface area contributed by atoms with Crippen molar-refractivity contribution in [3.63, 3.8) is 0 Å². The van der Waals surface area contributed by atoms with Crippen LogP contribution in [0.4, 0.5) is 4.39 Å². The van der Waals surface area contributed by atoms with Crippen molar-refractivity contribution in [3.05, 3.63) is 81.4 Å². The Kier molecular flexibility index (Phi) is 6.61. The Labute approximate surface area is 171 Å². The highest BCUT2D eigenvalue weighted by Crippen LogP contribution is 2.20. The van der Waals surface area contributed by atoms with Crippen molar-refractivity contribution in [2.75, 3.05) is 13.7 Å². The van der Waals surface area contributed by atoms with Crippen LogP contribution in [-0.2, 0) is 17.8 Å². The Balaban J connectivity index is 1.63. The number of amides is 1. The highest BCUT2D eigenvalue weighted by Gasteiger charge is 2.12. The van der Waals surface area contributed by atoms with Gasteiger partial charge in [-0.05, 0) is 42.5 Å². The quantitative estimate of drug-likeness (QED) is 0.643. The molecule has 0 aliphatic heterocycles. The molecule has 2 aromatic carbocycles. The highest BCUT2D eigenvalue weighted by molar-refractivity contribution is 6.31. The topological polar surface area (TPSA) is 73.2 Å². The van der Waals surface area contributed by atoms with E-state index in [0.29, 0.717) is 5.69 Å². The van der Waals surface area contributed by atoms with Crippen LogP contribution in [0.5, 0.6) is 5.75 Å². The Morgan fingerprint density at radius 2 is 1.93 bits per heavy atom. The molecule has 1 N–H and O–H groups in total. The number of carbonyl (C=O) groups is 1. The molecule has 29 heavy (non-hydrogen) atoms.